The number of amides is 1. The minimum absolute atomic E-state index is 0.291. The van der Waals surface area contributed by atoms with Crippen LogP contribution in [0.25, 0.3) is 0 Å². The quantitative estimate of drug-likeness (QED) is 0.482. The largest absolute Gasteiger partial charge is 0.375 e. The van der Waals surface area contributed by atoms with Crippen LogP contribution in [0.5, 0.6) is 0 Å². The number of aliphatic hydroxyl groups is 1. The second-order valence-corrected chi connectivity index (χ2v) is 9.94. The second kappa shape index (κ2) is 7.69. The zero-order valence-corrected chi connectivity index (χ0v) is 18.6. The van der Waals surface area contributed by atoms with E-state index in [2.05, 4.69) is 15.9 Å². The van der Waals surface area contributed by atoms with Crippen molar-refractivity contribution in [3.63, 3.8) is 0 Å². The van der Waals surface area contributed by atoms with Crippen molar-refractivity contribution in [1.82, 2.24) is 0 Å². The van der Waals surface area contributed by atoms with Gasteiger partial charge in [0.25, 0.3) is 5.91 Å². The van der Waals surface area contributed by atoms with Gasteiger partial charge in [0.1, 0.15) is 0 Å². The molecule has 0 bridgehead atoms. The summed E-state index contributed by atoms with van der Waals surface area (Å²) in [5, 5.41) is 11.8. The Labute approximate surface area is 185 Å². The van der Waals surface area contributed by atoms with Crippen molar-refractivity contribution in [1.29, 1.82) is 0 Å². The van der Waals surface area contributed by atoms with Crippen LogP contribution in [-0.4, -0.2) is 16.8 Å². The smallest absolute Gasteiger partial charge is 0.264 e. The number of hydrogen-bond acceptors (Lipinski definition) is 4. The number of rotatable bonds is 5. The van der Waals surface area contributed by atoms with Crippen LogP contribution in [0.2, 0.25) is 5.02 Å². The van der Waals surface area contributed by atoms with Gasteiger partial charge in [-0.05, 0) is 64.3 Å². The van der Waals surface area contributed by atoms with Gasteiger partial charge in [-0.25, -0.2) is 0 Å². The van der Waals surface area contributed by atoms with E-state index in [-0.39, 0.29) is 12.2 Å². The van der Waals surface area contributed by atoms with E-state index in [0.717, 1.165) is 14.9 Å². The maximum absolute atomic E-state index is 13.4. The molecule has 0 aliphatic carbocycles. The molecule has 2 aromatic carbocycles. The van der Waals surface area contributed by atoms with E-state index in [1.807, 2.05) is 31.2 Å². The lowest BCUT2D eigenvalue weighted by Crippen LogP contribution is -2.41. The fourth-order valence-electron chi connectivity index (χ4n) is 3.59. The Balaban J connectivity index is 1.73. The summed E-state index contributed by atoms with van der Waals surface area (Å²) in [5.74, 6) is -0.804. The Morgan fingerprint density at radius 3 is 2.66 bits per heavy atom. The topological polar surface area (TPSA) is 57.6 Å². The highest BCUT2D eigenvalue weighted by Gasteiger charge is 2.51. The van der Waals surface area contributed by atoms with Crippen molar-refractivity contribution < 1.29 is 14.7 Å². The molecular weight excluding hydrogens is 474 g/mol. The van der Waals surface area contributed by atoms with Gasteiger partial charge < -0.3 is 10.0 Å². The van der Waals surface area contributed by atoms with Crippen molar-refractivity contribution >= 4 is 56.2 Å². The summed E-state index contributed by atoms with van der Waals surface area (Å²) in [5.41, 5.74) is 1.01. The van der Waals surface area contributed by atoms with Gasteiger partial charge in [0.15, 0.2) is 11.4 Å². The standard InChI is InChI=1S/C22H17BrClNO3S/c1-13-4-2-3-5-14(13)12-25-17-7-6-15(24)10-16(17)22(28,21(25)27)11-18(26)19-8-9-20(23)29-19/h2-10,28H,11-12H2,1H3/t22-/m1/s1. The van der Waals surface area contributed by atoms with Crippen molar-refractivity contribution in [3.8, 4) is 0 Å². The van der Waals surface area contributed by atoms with Gasteiger partial charge in [-0.15, -0.1) is 11.3 Å². The zero-order valence-electron chi connectivity index (χ0n) is 15.5. The highest BCUT2D eigenvalue weighted by molar-refractivity contribution is 9.11. The molecule has 1 aliphatic heterocycles. The molecule has 0 radical (unpaired) electrons. The lowest BCUT2D eigenvalue weighted by molar-refractivity contribution is -0.136. The van der Waals surface area contributed by atoms with Crippen molar-refractivity contribution in [3.05, 3.63) is 85.0 Å². The third-order valence-electron chi connectivity index (χ3n) is 5.15. The summed E-state index contributed by atoms with van der Waals surface area (Å²) in [6.45, 7) is 2.28. The van der Waals surface area contributed by atoms with Crippen LogP contribution < -0.4 is 4.90 Å². The molecule has 1 aromatic heterocycles. The monoisotopic (exact) mass is 489 g/mol. The van der Waals surface area contributed by atoms with Gasteiger partial charge in [-0.3, -0.25) is 9.59 Å². The number of ketones is 1. The number of thiophene rings is 1. The Morgan fingerprint density at radius 2 is 1.97 bits per heavy atom. The van der Waals surface area contributed by atoms with E-state index in [1.165, 1.54) is 16.2 Å². The van der Waals surface area contributed by atoms with E-state index in [9.17, 15) is 14.7 Å². The number of anilines is 1. The molecule has 0 unspecified atom stereocenters. The molecule has 29 heavy (non-hydrogen) atoms. The number of Topliss-reactive ketones (excluding diaryl/α,β-unsaturated/α-hetero) is 1. The average Bonchev–Trinajstić information content (AvgIpc) is 3.20. The van der Waals surface area contributed by atoms with E-state index in [0.29, 0.717) is 27.7 Å². The lowest BCUT2D eigenvalue weighted by atomic mass is 9.89. The molecule has 0 saturated heterocycles. The highest BCUT2D eigenvalue weighted by Crippen LogP contribution is 2.45. The van der Waals surface area contributed by atoms with Gasteiger partial charge in [0, 0.05) is 10.6 Å². The molecule has 1 N–H and O–H groups in total. The maximum Gasteiger partial charge on any atom is 0.264 e. The first-order valence-corrected chi connectivity index (χ1v) is 11.0. The van der Waals surface area contributed by atoms with Gasteiger partial charge in [-0.2, -0.15) is 0 Å². The van der Waals surface area contributed by atoms with E-state index >= 15 is 0 Å². The molecule has 4 rings (SSSR count). The molecule has 148 valence electrons. The van der Waals surface area contributed by atoms with Gasteiger partial charge in [0.05, 0.1) is 27.3 Å². The third-order valence-corrected chi connectivity index (χ3v) is 7.05. The van der Waals surface area contributed by atoms with Crippen LogP contribution in [0.1, 0.15) is 32.8 Å². The molecule has 0 saturated carbocycles. The fourth-order valence-corrected chi connectivity index (χ4v) is 5.09. The maximum atomic E-state index is 13.4. The first-order chi connectivity index (χ1) is 13.8. The molecule has 1 atom stereocenters. The summed E-state index contributed by atoms with van der Waals surface area (Å²) >= 11 is 10.8. The molecular formula is C22H17BrClNO3S. The van der Waals surface area contributed by atoms with Crippen LogP contribution in [0.3, 0.4) is 0 Å². The molecule has 3 aromatic rings. The normalized spacial score (nSPS) is 18.2. The summed E-state index contributed by atoms with van der Waals surface area (Å²) in [6.07, 6.45) is -0.337. The molecule has 0 fully saturated rings. The summed E-state index contributed by atoms with van der Waals surface area (Å²) in [4.78, 5) is 28.2. The number of carbonyl (C=O) groups is 2. The molecule has 7 heteroatoms. The molecule has 1 amide bonds. The van der Waals surface area contributed by atoms with Crippen LogP contribution >= 0.6 is 38.9 Å². The second-order valence-electron chi connectivity index (χ2n) is 7.04. The van der Waals surface area contributed by atoms with Crippen LogP contribution in [-0.2, 0) is 16.9 Å². The van der Waals surface area contributed by atoms with Crippen molar-refractivity contribution in [2.24, 2.45) is 0 Å². The summed E-state index contributed by atoms with van der Waals surface area (Å²) in [6, 6.07) is 16.2. The van der Waals surface area contributed by atoms with E-state index in [4.69, 9.17) is 11.6 Å². The number of carbonyl (C=O) groups excluding carboxylic acids is 2. The average molecular weight is 491 g/mol. The molecule has 1 aliphatic rings. The number of benzene rings is 2. The SMILES string of the molecule is Cc1ccccc1CN1C(=O)[C@@](O)(CC(=O)c2ccc(Br)s2)c2cc(Cl)ccc21. The van der Waals surface area contributed by atoms with Gasteiger partial charge >= 0.3 is 0 Å². The number of aryl methyl sites for hydroxylation is 1. The van der Waals surface area contributed by atoms with Crippen LogP contribution in [0.15, 0.2) is 58.4 Å². The predicted octanol–water partition coefficient (Wildman–Crippen LogP) is 5.48. The Bertz CT molecular complexity index is 1130. The van der Waals surface area contributed by atoms with Crippen molar-refractivity contribution in [2.75, 3.05) is 4.90 Å². The number of hydrogen-bond donors (Lipinski definition) is 1. The minimum Gasteiger partial charge on any atom is -0.375 e. The lowest BCUT2D eigenvalue weighted by Gasteiger charge is -2.23. The predicted molar refractivity (Wildman–Crippen MR) is 119 cm³/mol. The van der Waals surface area contributed by atoms with E-state index < -0.39 is 11.5 Å². The van der Waals surface area contributed by atoms with Crippen molar-refractivity contribution in [2.45, 2.75) is 25.5 Å². The van der Waals surface area contributed by atoms with Gasteiger partial charge in [0.2, 0.25) is 0 Å². The fraction of sp³-hybridized carbons (Fsp3) is 0.182. The number of nitrogens with zero attached hydrogens (tertiary/aromatic N) is 1. The van der Waals surface area contributed by atoms with Gasteiger partial charge in [-0.1, -0.05) is 35.9 Å². The highest BCUT2D eigenvalue weighted by atomic mass is 79.9. The Kier molecular flexibility index (Phi) is 5.38. The zero-order chi connectivity index (χ0) is 20.8. The van der Waals surface area contributed by atoms with Crippen LogP contribution in [0, 0.1) is 6.92 Å². The van der Waals surface area contributed by atoms with Crippen LogP contribution in [0.4, 0.5) is 5.69 Å². The minimum atomic E-state index is -1.95. The first-order valence-electron chi connectivity index (χ1n) is 8.97. The molecule has 2 heterocycles. The molecule has 4 nitrogen and oxygen atoms in total. The summed E-state index contributed by atoms with van der Waals surface area (Å²) < 4.78 is 0.815. The Morgan fingerprint density at radius 1 is 1.21 bits per heavy atom. The first kappa shape index (κ1) is 20.3. The Hall–Kier alpha value is -1.99. The number of fused-ring (bicyclic) bond motifs is 1. The van der Waals surface area contributed by atoms with E-state index in [1.54, 1.807) is 30.3 Å². The summed E-state index contributed by atoms with van der Waals surface area (Å²) in [7, 11) is 0. The number of halogens is 2. The third kappa shape index (κ3) is 3.66. The molecule has 0 spiro atoms.